The van der Waals surface area contributed by atoms with Crippen LogP contribution in [-0.2, 0) is 4.74 Å². The fourth-order valence-electron chi connectivity index (χ4n) is 0.777. The van der Waals surface area contributed by atoms with Crippen molar-refractivity contribution in [2.75, 3.05) is 6.07 Å². The molecule has 0 N–H and O–H groups in total. The van der Waals surface area contributed by atoms with Gasteiger partial charge in [0.15, 0.2) is 6.07 Å². The summed E-state index contributed by atoms with van der Waals surface area (Å²) < 4.78 is 9.14. The fourth-order valence-corrected chi connectivity index (χ4v) is 0.866. The Morgan fingerprint density at radius 1 is 1.38 bits per heavy atom. The van der Waals surface area contributed by atoms with E-state index < -0.39 is 6.16 Å². The molecule has 4 heteroatoms. The van der Waals surface area contributed by atoms with E-state index in [1.54, 1.807) is 12.1 Å². The topological polar surface area (TPSA) is 35.5 Å². The number of carbonyl (C=O) groups is 1. The summed E-state index contributed by atoms with van der Waals surface area (Å²) in [5.74, 6) is 0.445. The van der Waals surface area contributed by atoms with E-state index in [1.807, 2.05) is 19.1 Å². The summed E-state index contributed by atoms with van der Waals surface area (Å²) in [5.41, 5.74) is 1.10. The zero-order chi connectivity index (χ0) is 9.68. The average Bonchev–Trinajstić information content (AvgIpc) is 2.09. The van der Waals surface area contributed by atoms with Crippen LogP contribution < -0.4 is 4.74 Å². The molecule has 1 aromatic rings. The molecule has 0 atom stereocenters. The van der Waals surface area contributed by atoms with Crippen LogP contribution in [0.15, 0.2) is 24.3 Å². The maximum Gasteiger partial charge on any atom is 0.515 e. The first-order valence-electron chi connectivity index (χ1n) is 3.69. The van der Waals surface area contributed by atoms with Gasteiger partial charge in [-0.1, -0.05) is 29.3 Å². The molecular formula is C9H9ClO3. The Hall–Kier alpha value is -1.22. The minimum Gasteiger partial charge on any atom is -0.418 e. The molecule has 0 aromatic heterocycles. The second-order valence-electron chi connectivity index (χ2n) is 2.42. The van der Waals surface area contributed by atoms with Crippen LogP contribution in [0.3, 0.4) is 0 Å². The van der Waals surface area contributed by atoms with Crippen LogP contribution in [0.2, 0.25) is 0 Å². The molecular weight excluding hydrogens is 192 g/mol. The van der Waals surface area contributed by atoms with E-state index in [4.69, 9.17) is 16.3 Å². The van der Waals surface area contributed by atoms with Crippen LogP contribution in [-0.4, -0.2) is 12.2 Å². The minimum absolute atomic E-state index is 0.204. The highest BCUT2D eigenvalue weighted by molar-refractivity contribution is 6.17. The Morgan fingerprint density at radius 2 is 2.00 bits per heavy atom. The highest BCUT2D eigenvalue weighted by atomic mass is 35.5. The zero-order valence-electron chi connectivity index (χ0n) is 7.12. The number of rotatable bonds is 2. The van der Waals surface area contributed by atoms with Crippen molar-refractivity contribution < 1.29 is 14.3 Å². The van der Waals surface area contributed by atoms with Gasteiger partial charge in [-0.15, -0.1) is 0 Å². The van der Waals surface area contributed by atoms with Gasteiger partial charge in [-0.3, -0.25) is 0 Å². The highest BCUT2D eigenvalue weighted by Gasteiger charge is 2.03. The lowest BCUT2D eigenvalue weighted by Crippen LogP contribution is -2.09. The Balaban J connectivity index is 2.54. The number of benzene rings is 1. The van der Waals surface area contributed by atoms with E-state index in [9.17, 15) is 4.79 Å². The Morgan fingerprint density at radius 3 is 2.54 bits per heavy atom. The molecule has 13 heavy (non-hydrogen) atoms. The fraction of sp³-hybridized carbons (Fsp3) is 0.222. The van der Waals surface area contributed by atoms with Crippen LogP contribution in [0.5, 0.6) is 5.75 Å². The third kappa shape index (κ3) is 3.34. The van der Waals surface area contributed by atoms with Crippen LogP contribution in [0.4, 0.5) is 4.79 Å². The number of ether oxygens (including phenoxy) is 2. The first-order chi connectivity index (χ1) is 6.22. The number of hydrogen-bond donors (Lipinski definition) is 0. The molecule has 70 valence electrons. The molecule has 0 heterocycles. The molecule has 0 spiro atoms. The maximum absolute atomic E-state index is 10.8. The van der Waals surface area contributed by atoms with Gasteiger partial charge in [-0.05, 0) is 19.1 Å². The third-order valence-electron chi connectivity index (χ3n) is 1.39. The first kappa shape index (κ1) is 9.86. The standard InChI is InChI=1S/C9H9ClO3/c1-7-2-4-8(5-3-7)13-9(11)12-6-10/h2-5H,6H2,1H3. The molecule has 0 fully saturated rings. The third-order valence-corrected chi connectivity index (χ3v) is 1.50. The molecule has 0 aliphatic carbocycles. The quantitative estimate of drug-likeness (QED) is 0.418. The van der Waals surface area contributed by atoms with Crippen molar-refractivity contribution in [2.45, 2.75) is 6.92 Å². The molecule has 0 saturated carbocycles. The lowest BCUT2D eigenvalue weighted by molar-refractivity contribution is 0.115. The monoisotopic (exact) mass is 200 g/mol. The van der Waals surface area contributed by atoms with Gasteiger partial charge in [-0.25, -0.2) is 4.79 Å². The lowest BCUT2D eigenvalue weighted by atomic mass is 10.2. The van der Waals surface area contributed by atoms with E-state index in [-0.39, 0.29) is 6.07 Å². The van der Waals surface area contributed by atoms with Gasteiger partial charge in [0.2, 0.25) is 0 Å². The summed E-state index contributed by atoms with van der Waals surface area (Å²) in [6, 6.07) is 6.84. The van der Waals surface area contributed by atoms with E-state index in [0.717, 1.165) is 5.56 Å². The van der Waals surface area contributed by atoms with Crippen LogP contribution in [0.25, 0.3) is 0 Å². The van der Waals surface area contributed by atoms with Crippen molar-refractivity contribution in [2.24, 2.45) is 0 Å². The highest BCUT2D eigenvalue weighted by Crippen LogP contribution is 2.11. The largest absolute Gasteiger partial charge is 0.515 e. The summed E-state index contributed by atoms with van der Waals surface area (Å²) in [6.07, 6.45) is -0.793. The molecule has 0 saturated heterocycles. The SMILES string of the molecule is Cc1ccc(OC(=O)OCCl)cc1. The van der Waals surface area contributed by atoms with Crippen molar-refractivity contribution in [3.8, 4) is 5.75 Å². The smallest absolute Gasteiger partial charge is 0.418 e. The molecule has 1 aromatic carbocycles. The van der Waals surface area contributed by atoms with Gasteiger partial charge in [-0.2, -0.15) is 0 Å². The van der Waals surface area contributed by atoms with E-state index >= 15 is 0 Å². The van der Waals surface area contributed by atoms with Crippen molar-refractivity contribution in [1.29, 1.82) is 0 Å². The molecule has 0 bridgehead atoms. The predicted octanol–water partition coefficient (Wildman–Crippen LogP) is 2.71. The second kappa shape index (κ2) is 4.72. The molecule has 0 aliphatic heterocycles. The normalized spacial score (nSPS) is 9.38. The summed E-state index contributed by atoms with van der Waals surface area (Å²) in [4.78, 5) is 10.8. The number of halogens is 1. The summed E-state index contributed by atoms with van der Waals surface area (Å²) in [5, 5.41) is 0. The number of alkyl halides is 1. The molecule has 0 radical (unpaired) electrons. The van der Waals surface area contributed by atoms with E-state index in [1.165, 1.54) is 0 Å². The molecule has 0 unspecified atom stereocenters. The number of hydrogen-bond acceptors (Lipinski definition) is 3. The van der Waals surface area contributed by atoms with Gasteiger partial charge < -0.3 is 9.47 Å². The van der Waals surface area contributed by atoms with E-state index in [2.05, 4.69) is 4.74 Å². The van der Waals surface area contributed by atoms with Crippen molar-refractivity contribution in [3.63, 3.8) is 0 Å². The Bertz CT molecular complexity index is 281. The van der Waals surface area contributed by atoms with Gasteiger partial charge in [0.05, 0.1) is 0 Å². The van der Waals surface area contributed by atoms with Crippen molar-refractivity contribution >= 4 is 17.8 Å². The maximum atomic E-state index is 10.8. The van der Waals surface area contributed by atoms with Crippen molar-refractivity contribution in [1.82, 2.24) is 0 Å². The van der Waals surface area contributed by atoms with Crippen LogP contribution >= 0.6 is 11.6 Å². The van der Waals surface area contributed by atoms with Gasteiger partial charge >= 0.3 is 6.16 Å². The summed E-state index contributed by atoms with van der Waals surface area (Å²) >= 11 is 5.16. The molecule has 3 nitrogen and oxygen atoms in total. The van der Waals surface area contributed by atoms with Gasteiger partial charge in [0, 0.05) is 0 Å². The Kier molecular flexibility index (Phi) is 3.58. The predicted molar refractivity (Wildman–Crippen MR) is 49.0 cm³/mol. The second-order valence-corrected chi connectivity index (χ2v) is 2.64. The molecule has 0 amide bonds. The first-order valence-corrected chi connectivity index (χ1v) is 4.23. The summed E-state index contributed by atoms with van der Waals surface area (Å²) in [6.45, 7) is 1.95. The van der Waals surface area contributed by atoms with Gasteiger partial charge in [0.25, 0.3) is 0 Å². The van der Waals surface area contributed by atoms with Crippen molar-refractivity contribution in [3.05, 3.63) is 29.8 Å². The molecule has 1 rings (SSSR count). The van der Waals surface area contributed by atoms with E-state index in [0.29, 0.717) is 5.75 Å². The molecule has 0 aliphatic rings. The minimum atomic E-state index is -0.793. The number of aryl methyl sites for hydroxylation is 1. The number of carbonyl (C=O) groups excluding carboxylic acids is 1. The van der Waals surface area contributed by atoms with Crippen LogP contribution in [0, 0.1) is 6.92 Å². The zero-order valence-corrected chi connectivity index (χ0v) is 7.88. The lowest BCUT2D eigenvalue weighted by Gasteiger charge is -2.02. The van der Waals surface area contributed by atoms with Crippen LogP contribution in [0.1, 0.15) is 5.56 Å². The Labute approximate surface area is 81.2 Å². The average molecular weight is 201 g/mol. The van der Waals surface area contributed by atoms with Gasteiger partial charge in [0.1, 0.15) is 5.75 Å². The summed E-state index contributed by atoms with van der Waals surface area (Å²) in [7, 11) is 0.